The SMILES string of the molecule is Cc1ccccc1OCn1ccc(C(=O)Nc2ccccc2C#N)n1. The van der Waals surface area contributed by atoms with Crippen LogP contribution in [0.2, 0.25) is 0 Å². The van der Waals surface area contributed by atoms with Crippen LogP contribution in [0, 0.1) is 18.3 Å². The van der Waals surface area contributed by atoms with E-state index in [-0.39, 0.29) is 18.3 Å². The number of benzene rings is 2. The van der Waals surface area contributed by atoms with Gasteiger partial charge in [0.2, 0.25) is 0 Å². The third kappa shape index (κ3) is 3.85. The van der Waals surface area contributed by atoms with Crippen LogP contribution in [0.25, 0.3) is 0 Å². The number of aryl methyl sites for hydroxylation is 1. The molecular formula is C19H16N4O2. The molecule has 1 aromatic heterocycles. The fourth-order valence-electron chi connectivity index (χ4n) is 2.28. The predicted octanol–water partition coefficient (Wildman–Crippen LogP) is 3.35. The Morgan fingerprint density at radius 2 is 1.96 bits per heavy atom. The Morgan fingerprint density at radius 3 is 2.76 bits per heavy atom. The molecule has 0 aliphatic carbocycles. The first-order valence-electron chi connectivity index (χ1n) is 7.70. The minimum absolute atomic E-state index is 0.201. The summed E-state index contributed by atoms with van der Waals surface area (Å²) in [4.78, 5) is 12.3. The molecule has 0 unspecified atom stereocenters. The molecule has 1 N–H and O–H groups in total. The Morgan fingerprint density at radius 1 is 1.20 bits per heavy atom. The highest BCUT2D eigenvalue weighted by molar-refractivity contribution is 6.03. The molecule has 0 spiro atoms. The van der Waals surface area contributed by atoms with Gasteiger partial charge in [-0.3, -0.25) is 4.79 Å². The lowest BCUT2D eigenvalue weighted by molar-refractivity contribution is 0.102. The second-order valence-electron chi connectivity index (χ2n) is 5.39. The van der Waals surface area contributed by atoms with E-state index < -0.39 is 0 Å². The van der Waals surface area contributed by atoms with Crippen molar-refractivity contribution in [3.8, 4) is 11.8 Å². The van der Waals surface area contributed by atoms with Crippen molar-refractivity contribution < 1.29 is 9.53 Å². The zero-order chi connectivity index (χ0) is 17.6. The van der Waals surface area contributed by atoms with E-state index in [0.29, 0.717) is 11.3 Å². The molecule has 3 rings (SSSR count). The molecular weight excluding hydrogens is 316 g/mol. The van der Waals surface area contributed by atoms with Gasteiger partial charge in [-0.2, -0.15) is 10.4 Å². The first-order valence-corrected chi connectivity index (χ1v) is 7.70. The number of nitriles is 1. The third-order valence-electron chi connectivity index (χ3n) is 3.61. The highest BCUT2D eigenvalue weighted by Gasteiger charge is 2.12. The van der Waals surface area contributed by atoms with Gasteiger partial charge in [0.1, 0.15) is 11.8 Å². The lowest BCUT2D eigenvalue weighted by Gasteiger charge is -2.08. The van der Waals surface area contributed by atoms with Crippen LogP contribution in [0.4, 0.5) is 5.69 Å². The van der Waals surface area contributed by atoms with Gasteiger partial charge >= 0.3 is 0 Å². The molecule has 0 bridgehead atoms. The lowest BCUT2D eigenvalue weighted by atomic mass is 10.2. The van der Waals surface area contributed by atoms with Crippen molar-refractivity contribution in [3.05, 3.63) is 77.6 Å². The number of amides is 1. The summed E-state index contributed by atoms with van der Waals surface area (Å²) in [7, 11) is 0. The second kappa shape index (κ2) is 7.32. The van der Waals surface area contributed by atoms with E-state index in [0.717, 1.165) is 11.3 Å². The van der Waals surface area contributed by atoms with E-state index in [1.807, 2.05) is 37.3 Å². The summed E-state index contributed by atoms with van der Waals surface area (Å²) in [5, 5.41) is 16.0. The number of rotatable bonds is 5. The maximum atomic E-state index is 12.3. The molecule has 0 radical (unpaired) electrons. The normalized spacial score (nSPS) is 10.1. The summed E-state index contributed by atoms with van der Waals surface area (Å²) >= 11 is 0. The number of nitrogens with zero attached hydrogens (tertiary/aromatic N) is 3. The summed E-state index contributed by atoms with van der Waals surface area (Å²) in [6, 6.07) is 18.1. The minimum Gasteiger partial charge on any atom is -0.471 e. The summed E-state index contributed by atoms with van der Waals surface area (Å²) in [6.07, 6.45) is 1.67. The predicted molar refractivity (Wildman–Crippen MR) is 93.1 cm³/mol. The van der Waals surface area contributed by atoms with Crippen molar-refractivity contribution in [2.45, 2.75) is 13.7 Å². The Kier molecular flexibility index (Phi) is 4.77. The molecule has 25 heavy (non-hydrogen) atoms. The van der Waals surface area contributed by atoms with E-state index in [1.165, 1.54) is 4.68 Å². The smallest absolute Gasteiger partial charge is 0.276 e. The van der Waals surface area contributed by atoms with Crippen LogP contribution in [0.15, 0.2) is 60.8 Å². The lowest BCUT2D eigenvalue weighted by Crippen LogP contribution is -2.15. The topological polar surface area (TPSA) is 79.9 Å². The molecule has 3 aromatic rings. The molecule has 124 valence electrons. The summed E-state index contributed by atoms with van der Waals surface area (Å²) in [6.45, 7) is 2.16. The van der Waals surface area contributed by atoms with Gasteiger partial charge in [-0.05, 0) is 36.8 Å². The van der Waals surface area contributed by atoms with E-state index in [1.54, 1.807) is 36.5 Å². The number of ether oxygens (including phenoxy) is 1. The van der Waals surface area contributed by atoms with Crippen LogP contribution in [0.5, 0.6) is 5.75 Å². The maximum absolute atomic E-state index is 12.3. The van der Waals surface area contributed by atoms with Crippen LogP contribution in [-0.2, 0) is 6.73 Å². The zero-order valence-electron chi connectivity index (χ0n) is 13.6. The number of hydrogen-bond donors (Lipinski definition) is 1. The summed E-state index contributed by atoms with van der Waals surface area (Å²) in [5.41, 5.74) is 2.14. The van der Waals surface area contributed by atoms with E-state index in [2.05, 4.69) is 10.4 Å². The number of hydrogen-bond acceptors (Lipinski definition) is 4. The highest BCUT2D eigenvalue weighted by Crippen LogP contribution is 2.17. The monoisotopic (exact) mass is 332 g/mol. The number of carbonyl (C=O) groups is 1. The molecule has 2 aromatic carbocycles. The molecule has 1 heterocycles. The number of aromatic nitrogens is 2. The van der Waals surface area contributed by atoms with Crippen molar-refractivity contribution in [3.63, 3.8) is 0 Å². The second-order valence-corrected chi connectivity index (χ2v) is 5.39. The van der Waals surface area contributed by atoms with Gasteiger partial charge in [0.05, 0.1) is 11.3 Å². The molecule has 0 aliphatic heterocycles. The van der Waals surface area contributed by atoms with Gasteiger partial charge in [-0.1, -0.05) is 30.3 Å². The average molecular weight is 332 g/mol. The number of anilines is 1. The number of nitrogens with one attached hydrogen (secondary N) is 1. The standard InChI is InChI=1S/C19H16N4O2/c1-14-6-2-5-9-18(14)25-13-23-11-10-17(22-23)19(24)21-16-8-4-3-7-15(16)12-20/h2-11H,13H2,1H3,(H,21,24). The molecule has 1 amide bonds. The molecule has 0 saturated carbocycles. The molecule has 0 atom stereocenters. The first kappa shape index (κ1) is 16.3. The van der Waals surface area contributed by atoms with Crippen molar-refractivity contribution in [1.29, 1.82) is 5.26 Å². The Labute approximate surface area is 145 Å². The molecule has 0 aliphatic rings. The minimum atomic E-state index is -0.377. The van der Waals surface area contributed by atoms with Crippen LogP contribution in [-0.4, -0.2) is 15.7 Å². The maximum Gasteiger partial charge on any atom is 0.276 e. The van der Waals surface area contributed by atoms with Crippen molar-refractivity contribution in [2.24, 2.45) is 0 Å². The van der Waals surface area contributed by atoms with Crippen LogP contribution in [0.1, 0.15) is 21.6 Å². The van der Waals surface area contributed by atoms with Gasteiger partial charge in [0.15, 0.2) is 12.4 Å². The Hall–Kier alpha value is -3.59. The highest BCUT2D eigenvalue weighted by atomic mass is 16.5. The first-order chi connectivity index (χ1) is 12.2. The van der Waals surface area contributed by atoms with Gasteiger partial charge in [-0.15, -0.1) is 0 Å². The van der Waals surface area contributed by atoms with Gasteiger partial charge in [0.25, 0.3) is 5.91 Å². The van der Waals surface area contributed by atoms with Crippen LogP contribution in [0.3, 0.4) is 0 Å². The fourth-order valence-corrected chi connectivity index (χ4v) is 2.28. The van der Waals surface area contributed by atoms with E-state index in [4.69, 9.17) is 10.00 Å². The molecule has 6 heteroatoms. The fraction of sp³-hybridized carbons (Fsp3) is 0.105. The van der Waals surface area contributed by atoms with E-state index >= 15 is 0 Å². The van der Waals surface area contributed by atoms with E-state index in [9.17, 15) is 4.79 Å². The third-order valence-corrected chi connectivity index (χ3v) is 3.61. The summed E-state index contributed by atoms with van der Waals surface area (Å²) in [5.74, 6) is 0.393. The number of carbonyl (C=O) groups excluding carboxylic acids is 1. The Bertz CT molecular complexity index is 940. The number of para-hydroxylation sites is 2. The van der Waals surface area contributed by atoms with Crippen molar-refractivity contribution >= 4 is 11.6 Å². The Balaban J connectivity index is 1.66. The van der Waals surface area contributed by atoms with Crippen molar-refractivity contribution in [2.75, 3.05) is 5.32 Å². The van der Waals surface area contributed by atoms with Crippen LogP contribution < -0.4 is 10.1 Å². The van der Waals surface area contributed by atoms with Gasteiger partial charge in [0, 0.05) is 6.20 Å². The van der Waals surface area contributed by atoms with Gasteiger partial charge < -0.3 is 10.1 Å². The van der Waals surface area contributed by atoms with Crippen LogP contribution >= 0.6 is 0 Å². The largest absolute Gasteiger partial charge is 0.471 e. The molecule has 6 nitrogen and oxygen atoms in total. The summed E-state index contributed by atoms with van der Waals surface area (Å²) < 4.78 is 7.24. The zero-order valence-corrected chi connectivity index (χ0v) is 13.6. The molecule has 0 saturated heterocycles. The molecule has 0 fully saturated rings. The average Bonchev–Trinajstić information content (AvgIpc) is 3.11. The van der Waals surface area contributed by atoms with Gasteiger partial charge in [-0.25, -0.2) is 4.68 Å². The van der Waals surface area contributed by atoms with Crippen molar-refractivity contribution in [1.82, 2.24) is 9.78 Å². The quantitative estimate of drug-likeness (QED) is 0.777.